The second-order valence-corrected chi connectivity index (χ2v) is 5.90. The van der Waals surface area contributed by atoms with Gasteiger partial charge in [-0.1, -0.05) is 30.7 Å². The summed E-state index contributed by atoms with van der Waals surface area (Å²) in [6, 6.07) is 8.08. The largest absolute Gasteiger partial charge is 0.352 e. The highest BCUT2D eigenvalue weighted by Gasteiger charge is 2.22. The van der Waals surface area contributed by atoms with Gasteiger partial charge < -0.3 is 10.2 Å². The van der Waals surface area contributed by atoms with Crippen LogP contribution in [0, 0.1) is 0 Å². The van der Waals surface area contributed by atoms with Crippen molar-refractivity contribution in [2.45, 2.75) is 38.6 Å². The van der Waals surface area contributed by atoms with Gasteiger partial charge in [-0.2, -0.15) is 10.1 Å². The zero-order chi connectivity index (χ0) is 15.4. The van der Waals surface area contributed by atoms with E-state index >= 15 is 0 Å². The van der Waals surface area contributed by atoms with Gasteiger partial charge >= 0.3 is 0 Å². The normalized spacial score (nSPS) is 18.3. The molecule has 1 aromatic carbocycles. The number of benzene rings is 1. The lowest BCUT2D eigenvalue weighted by atomic mass is 10.0. The van der Waals surface area contributed by atoms with Crippen LogP contribution in [-0.4, -0.2) is 27.8 Å². The maximum Gasteiger partial charge on any atom is 0.249 e. The fourth-order valence-corrected chi connectivity index (χ4v) is 3.08. The van der Waals surface area contributed by atoms with Crippen LogP contribution in [0.5, 0.6) is 0 Å². The Labute approximate surface area is 135 Å². The first-order valence-corrected chi connectivity index (χ1v) is 8.13. The Morgan fingerprint density at radius 2 is 2.18 bits per heavy atom. The molecule has 1 aromatic heterocycles. The first-order valence-electron chi connectivity index (χ1n) is 7.76. The fourth-order valence-electron chi connectivity index (χ4n) is 2.90. The zero-order valence-electron chi connectivity index (χ0n) is 12.7. The molecule has 1 atom stereocenters. The third kappa shape index (κ3) is 3.30. The summed E-state index contributed by atoms with van der Waals surface area (Å²) in [5, 5.41) is 11.9. The second-order valence-electron chi connectivity index (χ2n) is 5.49. The van der Waals surface area contributed by atoms with Crippen LogP contribution >= 0.6 is 11.6 Å². The van der Waals surface area contributed by atoms with Gasteiger partial charge in [0, 0.05) is 12.6 Å². The van der Waals surface area contributed by atoms with Gasteiger partial charge in [0.15, 0.2) is 5.82 Å². The van der Waals surface area contributed by atoms with E-state index in [1.165, 1.54) is 19.3 Å². The first-order chi connectivity index (χ1) is 10.8. The van der Waals surface area contributed by atoms with Crippen molar-refractivity contribution in [3.8, 4) is 0 Å². The Balaban J connectivity index is 1.82. The molecule has 116 valence electrons. The summed E-state index contributed by atoms with van der Waals surface area (Å²) in [7, 11) is 0. The summed E-state index contributed by atoms with van der Waals surface area (Å²) in [6.07, 6.45) is 6.57. The summed E-state index contributed by atoms with van der Waals surface area (Å²) in [5.74, 6) is 1.36. The zero-order valence-corrected chi connectivity index (χ0v) is 13.4. The molecule has 1 saturated heterocycles. The van der Waals surface area contributed by atoms with Crippen LogP contribution in [0.3, 0.4) is 0 Å². The molecule has 2 heterocycles. The Morgan fingerprint density at radius 1 is 1.32 bits per heavy atom. The van der Waals surface area contributed by atoms with Crippen LogP contribution in [0.25, 0.3) is 0 Å². The van der Waals surface area contributed by atoms with Crippen molar-refractivity contribution in [1.29, 1.82) is 0 Å². The number of hydrogen-bond acceptors (Lipinski definition) is 5. The molecule has 1 unspecified atom stereocenters. The maximum absolute atomic E-state index is 6.16. The lowest BCUT2D eigenvalue weighted by molar-refractivity contribution is 0.446. The highest BCUT2D eigenvalue weighted by atomic mass is 35.5. The average molecular weight is 318 g/mol. The monoisotopic (exact) mass is 317 g/mol. The molecule has 6 heteroatoms. The van der Waals surface area contributed by atoms with Crippen LogP contribution in [0.2, 0.25) is 5.02 Å². The van der Waals surface area contributed by atoms with E-state index in [-0.39, 0.29) is 0 Å². The van der Waals surface area contributed by atoms with Gasteiger partial charge in [-0.3, -0.25) is 0 Å². The van der Waals surface area contributed by atoms with E-state index in [9.17, 15) is 0 Å². The minimum atomic E-state index is 0.478. The predicted molar refractivity (Wildman–Crippen MR) is 89.8 cm³/mol. The van der Waals surface area contributed by atoms with E-state index in [2.05, 4.69) is 32.3 Å². The molecule has 1 aliphatic heterocycles. The van der Waals surface area contributed by atoms with Crippen LogP contribution in [-0.2, 0) is 0 Å². The Kier molecular flexibility index (Phi) is 4.73. The Hall–Kier alpha value is -1.88. The van der Waals surface area contributed by atoms with E-state index < -0.39 is 0 Å². The van der Waals surface area contributed by atoms with E-state index in [1.54, 1.807) is 6.20 Å². The van der Waals surface area contributed by atoms with Crippen molar-refractivity contribution >= 4 is 29.1 Å². The van der Waals surface area contributed by atoms with Crippen LogP contribution < -0.4 is 10.2 Å². The van der Waals surface area contributed by atoms with Crippen molar-refractivity contribution < 1.29 is 0 Å². The topological polar surface area (TPSA) is 53.9 Å². The first kappa shape index (κ1) is 15.0. The smallest absolute Gasteiger partial charge is 0.249 e. The molecule has 1 N–H and O–H groups in total. The van der Waals surface area contributed by atoms with Gasteiger partial charge in [0.25, 0.3) is 0 Å². The van der Waals surface area contributed by atoms with E-state index in [4.69, 9.17) is 11.6 Å². The van der Waals surface area contributed by atoms with Crippen molar-refractivity contribution in [2.24, 2.45) is 0 Å². The second kappa shape index (κ2) is 6.92. The van der Waals surface area contributed by atoms with Crippen molar-refractivity contribution in [1.82, 2.24) is 15.2 Å². The summed E-state index contributed by atoms with van der Waals surface area (Å²) in [6.45, 7) is 3.25. The number of rotatable bonds is 4. The van der Waals surface area contributed by atoms with Gasteiger partial charge in [-0.15, -0.1) is 5.10 Å². The molecule has 22 heavy (non-hydrogen) atoms. The SMILES string of the molecule is CCC1CCCCN1c1cnnc(Nc2ccccc2Cl)n1. The Bertz CT molecular complexity index is 633. The molecule has 0 bridgehead atoms. The highest BCUT2D eigenvalue weighted by Crippen LogP contribution is 2.26. The number of halogens is 1. The fraction of sp³-hybridized carbons (Fsp3) is 0.438. The summed E-state index contributed by atoms with van der Waals surface area (Å²) in [4.78, 5) is 6.96. The molecule has 0 saturated carbocycles. The molecule has 1 fully saturated rings. The molecule has 5 nitrogen and oxygen atoms in total. The number of nitrogens with zero attached hydrogens (tertiary/aromatic N) is 4. The summed E-state index contributed by atoms with van der Waals surface area (Å²) in [5.41, 5.74) is 0.786. The molecule has 0 aliphatic carbocycles. The van der Waals surface area contributed by atoms with E-state index in [0.29, 0.717) is 17.0 Å². The van der Waals surface area contributed by atoms with Crippen molar-refractivity contribution in [3.05, 3.63) is 35.5 Å². The molecule has 0 radical (unpaired) electrons. The lowest BCUT2D eigenvalue weighted by Gasteiger charge is -2.35. The highest BCUT2D eigenvalue weighted by molar-refractivity contribution is 6.33. The minimum Gasteiger partial charge on any atom is -0.352 e. The van der Waals surface area contributed by atoms with Gasteiger partial charge in [-0.05, 0) is 37.8 Å². The molecular formula is C16H20ClN5. The number of para-hydroxylation sites is 1. The number of aromatic nitrogens is 3. The van der Waals surface area contributed by atoms with Gasteiger partial charge in [0.05, 0.1) is 16.9 Å². The molecule has 0 amide bonds. The standard InChI is InChI=1S/C16H20ClN5/c1-2-12-7-5-6-10-22(12)15-11-18-21-16(20-15)19-14-9-4-3-8-13(14)17/h3-4,8-9,11-12H,2,5-7,10H2,1H3,(H,19,20,21). The van der Waals surface area contributed by atoms with Gasteiger partial charge in [-0.25, -0.2) is 0 Å². The molecular weight excluding hydrogens is 298 g/mol. The maximum atomic E-state index is 6.16. The van der Waals surface area contributed by atoms with Crippen molar-refractivity contribution in [3.63, 3.8) is 0 Å². The van der Waals surface area contributed by atoms with Gasteiger partial charge in [0.2, 0.25) is 5.95 Å². The van der Waals surface area contributed by atoms with Gasteiger partial charge in [0.1, 0.15) is 0 Å². The minimum absolute atomic E-state index is 0.478. The number of hydrogen-bond donors (Lipinski definition) is 1. The molecule has 2 aromatic rings. The van der Waals surface area contributed by atoms with E-state index in [0.717, 1.165) is 24.5 Å². The third-order valence-corrected chi connectivity index (χ3v) is 4.39. The number of nitrogens with one attached hydrogen (secondary N) is 1. The number of piperidine rings is 1. The van der Waals surface area contributed by atoms with E-state index in [1.807, 2.05) is 24.3 Å². The predicted octanol–water partition coefficient (Wildman–Crippen LogP) is 4.04. The third-order valence-electron chi connectivity index (χ3n) is 4.06. The average Bonchev–Trinajstić information content (AvgIpc) is 2.57. The molecule has 1 aliphatic rings. The molecule has 0 spiro atoms. The van der Waals surface area contributed by atoms with Crippen LogP contribution in [0.4, 0.5) is 17.5 Å². The quantitative estimate of drug-likeness (QED) is 0.922. The van der Waals surface area contributed by atoms with Crippen LogP contribution in [0.15, 0.2) is 30.5 Å². The van der Waals surface area contributed by atoms with Crippen LogP contribution in [0.1, 0.15) is 32.6 Å². The number of anilines is 3. The summed E-state index contributed by atoms with van der Waals surface area (Å²) >= 11 is 6.16. The lowest BCUT2D eigenvalue weighted by Crippen LogP contribution is -2.39. The molecule has 3 rings (SSSR count). The Morgan fingerprint density at radius 3 is 3.00 bits per heavy atom. The van der Waals surface area contributed by atoms with Crippen molar-refractivity contribution in [2.75, 3.05) is 16.8 Å². The summed E-state index contributed by atoms with van der Waals surface area (Å²) < 4.78 is 0.